The topological polar surface area (TPSA) is 29.1 Å². The first-order chi connectivity index (χ1) is 8.65. The van der Waals surface area contributed by atoms with Gasteiger partial charge in [0, 0.05) is 13.0 Å². The van der Waals surface area contributed by atoms with Crippen LogP contribution in [0, 0.1) is 6.92 Å². The lowest BCUT2D eigenvalue weighted by molar-refractivity contribution is -0.119. The van der Waals surface area contributed by atoms with E-state index >= 15 is 0 Å². The van der Waals surface area contributed by atoms with E-state index in [2.05, 4.69) is 42.6 Å². The van der Waals surface area contributed by atoms with Crippen LogP contribution in [0.25, 0.3) is 10.8 Å². The lowest BCUT2D eigenvalue weighted by Crippen LogP contribution is -2.38. The molecule has 1 aliphatic carbocycles. The van der Waals surface area contributed by atoms with Gasteiger partial charge < -0.3 is 5.32 Å². The maximum absolute atomic E-state index is 11.2. The van der Waals surface area contributed by atoms with Crippen LogP contribution in [0.1, 0.15) is 23.6 Å². The third-order valence-corrected chi connectivity index (χ3v) is 3.80. The van der Waals surface area contributed by atoms with E-state index in [1.807, 2.05) is 0 Å². The number of amides is 1. The summed E-state index contributed by atoms with van der Waals surface area (Å²) < 4.78 is 0. The summed E-state index contributed by atoms with van der Waals surface area (Å²) >= 11 is 0. The maximum Gasteiger partial charge on any atom is 0.217 e. The van der Waals surface area contributed by atoms with E-state index in [0.29, 0.717) is 0 Å². The smallest absolute Gasteiger partial charge is 0.217 e. The van der Waals surface area contributed by atoms with Crippen LogP contribution in [0.5, 0.6) is 0 Å². The Labute approximate surface area is 107 Å². The molecule has 1 atom stereocenters. The van der Waals surface area contributed by atoms with E-state index in [1.165, 1.54) is 27.5 Å². The van der Waals surface area contributed by atoms with Gasteiger partial charge in [-0.05, 0) is 47.2 Å². The number of nitrogens with one attached hydrogen (secondary N) is 1. The second-order valence-electron chi connectivity index (χ2n) is 5.18. The predicted molar refractivity (Wildman–Crippen MR) is 73.7 cm³/mol. The van der Waals surface area contributed by atoms with Crippen molar-refractivity contribution < 1.29 is 4.79 Å². The SMILES string of the molecule is CC(=O)NC1Cc2cccc3ccc(C)c(c23)C1. The molecule has 0 aromatic heterocycles. The van der Waals surface area contributed by atoms with Crippen molar-refractivity contribution in [2.45, 2.75) is 32.7 Å². The first-order valence-corrected chi connectivity index (χ1v) is 6.42. The highest BCUT2D eigenvalue weighted by molar-refractivity contribution is 5.91. The van der Waals surface area contributed by atoms with Crippen LogP contribution >= 0.6 is 0 Å². The summed E-state index contributed by atoms with van der Waals surface area (Å²) in [6.07, 6.45) is 1.88. The third kappa shape index (κ3) is 1.78. The Bertz CT molecular complexity index is 630. The number of rotatable bonds is 1. The summed E-state index contributed by atoms with van der Waals surface area (Å²) in [5.41, 5.74) is 4.08. The van der Waals surface area contributed by atoms with Crippen molar-refractivity contribution >= 4 is 16.7 Å². The molecule has 2 aromatic rings. The lowest BCUT2D eigenvalue weighted by atomic mass is 9.83. The van der Waals surface area contributed by atoms with Crippen LogP contribution in [0.4, 0.5) is 0 Å². The molecular formula is C16H17NO. The molecule has 1 aliphatic rings. The Morgan fingerprint density at radius 2 is 2.06 bits per heavy atom. The highest BCUT2D eigenvalue weighted by Gasteiger charge is 2.22. The van der Waals surface area contributed by atoms with Gasteiger partial charge in [0.25, 0.3) is 0 Å². The molecule has 2 nitrogen and oxygen atoms in total. The van der Waals surface area contributed by atoms with E-state index in [0.717, 1.165) is 12.8 Å². The van der Waals surface area contributed by atoms with Crippen LogP contribution in [0.15, 0.2) is 30.3 Å². The van der Waals surface area contributed by atoms with Crippen LogP contribution in [-0.2, 0) is 17.6 Å². The Morgan fingerprint density at radius 1 is 1.22 bits per heavy atom. The molecule has 3 rings (SSSR count). The highest BCUT2D eigenvalue weighted by atomic mass is 16.1. The number of hydrogen-bond acceptors (Lipinski definition) is 1. The molecular weight excluding hydrogens is 222 g/mol. The minimum Gasteiger partial charge on any atom is -0.353 e. The number of aryl methyl sites for hydroxylation is 1. The monoisotopic (exact) mass is 239 g/mol. The fourth-order valence-corrected chi connectivity index (χ4v) is 3.05. The first kappa shape index (κ1) is 11.3. The van der Waals surface area contributed by atoms with Gasteiger partial charge in [0.15, 0.2) is 0 Å². The van der Waals surface area contributed by atoms with Gasteiger partial charge in [-0.25, -0.2) is 0 Å². The molecule has 0 aliphatic heterocycles. The normalized spacial score (nSPS) is 17.8. The molecule has 0 radical (unpaired) electrons. The summed E-state index contributed by atoms with van der Waals surface area (Å²) in [6.45, 7) is 3.75. The highest BCUT2D eigenvalue weighted by Crippen LogP contribution is 2.31. The summed E-state index contributed by atoms with van der Waals surface area (Å²) in [5, 5.41) is 5.77. The fourth-order valence-electron chi connectivity index (χ4n) is 3.05. The molecule has 0 saturated carbocycles. The molecule has 2 aromatic carbocycles. The van der Waals surface area contributed by atoms with Crippen molar-refractivity contribution in [3.63, 3.8) is 0 Å². The zero-order valence-corrected chi connectivity index (χ0v) is 10.8. The summed E-state index contributed by atoms with van der Waals surface area (Å²) in [5.74, 6) is 0.0595. The molecule has 1 amide bonds. The Hall–Kier alpha value is -1.83. The number of carbonyl (C=O) groups is 1. The molecule has 1 unspecified atom stereocenters. The van der Waals surface area contributed by atoms with Gasteiger partial charge in [0.2, 0.25) is 5.91 Å². The average molecular weight is 239 g/mol. The number of benzene rings is 2. The molecule has 0 bridgehead atoms. The van der Waals surface area contributed by atoms with Gasteiger partial charge in [0.1, 0.15) is 0 Å². The third-order valence-electron chi connectivity index (χ3n) is 3.80. The molecule has 2 heteroatoms. The van der Waals surface area contributed by atoms with E-state index in [-0.39, 0.29) is 11.9 Å². The lowest BCUT2D eigenvalue weighted by Gasteiger charge is -2.27. The Morgan fingerprint density at radius 3 is 2.83 bits per heavy atom. The van der Waals surface area contributed by atoms with Crippen molar-refractivity contribution in [1.82, 2.24) is 5.32 Å². The van der Waals surface area contributed by atoms with Gasteiger partial charge in [-0.1, -0.05) is 30.3 Å². The second kappa shape index (κ2) is 4.13. The van der Waals surface area contributed by atoms with Crippen molar-refractivity contribution in [2.24, 2.45) is 0 Å². The van der Waals surface area contributed by atoms with E-state index < -0.39 is 0 Å². The largest absolute Gasteiger partial charge is 0.353 e. The van der Waals surface area contributed by atoms with Gasteiger partial charge >= 0.3 is 0 Å². The second-order valence-corrected chi connectivity index (χ2v) is 5.18. The Balaban J connectivity index is 2.13. The quantitative estimate of drug-likeness (QED) is 0.814. The fraction of sp³-hybridized carbons (Fsp3) is 0.312. The average Bonchev–Trinajstić information content (AvgIpc) is 2.33. The van der Waals surface area contributed by atoms with Gasteiger partial charge in [-0.2, -0.15) is 0 Å². The predicted octanol–water partition coefficient (Wildman–Crippen LogP) is 2.75. The van der Waals surface area contributed by atoms with E-state index in [1.54, 1.807) is 6.92 Å². The van der Waals surface area contributed by atoms with E-state index in [4.69, 9.17) is 0 Å². The van der Waals surface area contributed by atoms with Gasteiger partial charge in [-0.3, -0.25) is 4.79 Å². The minimum atomic E-state index is 0.0595. The standard InChI is InChI=1S/C16H17NO/c1-10-6-7-12-4-3-5-13-8-14(17-11(2)18)9-15(10)16(12)13/h3-7,14H,8-9H2,1-2H3,(H,17,18). The molecule has 18 heavy (non-hydrogen) atoms. The Kier molecular flexibility index (Phi) is 2.58. The zero-order chi connectivity index (χ0) is 12.7. The van der Waals surface area contributed by atoms with Crippen molar-refractivity contribution in [3.8, 4) is 0 Å². The number of hydrogen-bond donors (Lipinski definition) is 1. The van der Waals surface area contributed by atoms with Crippen molar-refractivity contribution in [2.75, 3.05) is 0 Å². The first-order valence-electron chi connectivity index (χ1n) is 6.42. The van der Waals surface area contributed by atoms with E-state index in [9.17, 15) is 4.79 Å². The van der Waals surface area contributed by atoms with Gasteiger partial charge in [0.05, 0.1) is 0 Å². The molecule has 0 heterocycles. The maximum atomic E-state index is 11.2. The van der Waals surface area contributed by atoms with Crippen LogP contribution < -0.4 is 5.32 Å². The summed E-state index contributed by atoms with van der Waals surface area (Å²) in [6, 6.07) is 11.1. The zero-order valence-electron chi connectivity index (χ0n) is 10.8. The van der Waals surface area contributed by atoms with Crippen LogP contribution in [-0.4, -0.2) is 11.9 Å². The molecule has 0 saturated heterocycles. The van der Waals surface area contributed by atoms with Crippen molar-refractivity contribution in [3.05, 3.63) is 47.0 Å². The number of carbonyl (C=O) groups excluding carboxylic acids is 1. The minimum absolute atomic E-state index is 0.0595. The molecule has 0 spiro atoms. The molecule has 1 N–H and O–H groups in total. The molecule has 0 fully saturated rings. The van der Waals surface area contributed by atoms with Crippen molar-refractivity contribution in [1.29, 1.82) is 0 Å². The van der Waals surface area contributed by atoms with Gasteiger partial charge in [-0.15, -0.1) is 0 Å². The van der Waals surface area contributed by atoms with Crippen LogP contribution in [0.3, 0.4) is 0 Å². The summed E-state index contributed by atoms with van der Waals surface area (Å²) in [7, 11) is 0. The molecule has 92 valence electrons. The van der Waals surface area contributed by atoms with Crippen LogP contribution in [0.2, 0.25) is 0 Å². The summed E-state index contributed by atoms with van der Waals surface area (Å²) in [4.78, 5) is 11.2.